The molecular formula is C23H17ClF2N2O2S. The predicted molar refractivity (Wildman–Crippen MR) is 118 cm³/mol. The summed E-state index contributed by atoms with van der Waals surface area (Å²) in [6, 6.07) is 17.1. The fourth-order valence-corrected chi connectivity index (χ4v) is 4.59. The van der Waals surface area contributed by atoms with E-state index in [0.717, 1.165) is 17.2 Å². The molecule has 0 radical (unpaired) electrons. The van der Waals surface area contributed by atoms with Crippen LogP contribution in [0.5, 0.6) is 0 Å². The van der Waals surface area contributed by atoms with Gasteiger partial charge in [0.2, 0.25) is 5.91 Å². The number of benzene rings is 3. The smallest absolute Gasteiger partial charge is 0.255 e. The summed E-state index contributed by atoms with van der Waals surface area (Å²) >= 11 is 7.45. The Kier molecular flexibility index (Phi) is 6.25. The van der Waals surface area contributed by atoms with Gasteiger partial charge in [0.15, 0.2) is 0 Å². The third-order valence-electron chi connectivity index (χ3n) is 4.87. The molecule has 1 saturated heterocycles. The van der Waals surface area contributed by atoms with Gasteiger partial charge in [-0.25, -0.2) is 8.78 Å². The van der Waals surface area contributed by atoms with E-state index in [-0.39, 0.29) is 17.0 Å². The number of carbonyl (C=O) groups excluding carboxylic acids is 2. The number of hydrogen-bond donors (Lipinski definition) is 1. The first-order valence-corrected chi connectivity index (χ1v) is 10.9. The topological polar surface area (TPSA) is 49.4 Å². The molecule has 1 fully saturated rings. The molecule has 3 aromatic carbocycles. The first kappa shape index (κ1) is 21.3. The van der Waals surface area contributed by atoms with Crippen molar-refractivity contribution in [2.45, 2.75) is 11.9 Å². The lowest BCUT2D eigenvalue weighted by molar-refractivity contribution is -0.128. The summed E-state index contributed by atoms with van der Waals surface area (Å²) in [6.45, 7) is 0.458. The van der Waals surface area contributed by atoms with Crippen LogP contribution in [0, 0.1) is 11.6 Å². The fraction of sp³-hybridized carbons (Fsp3) is 0.130. The molecule has 0 aromatic heterocycles. The van der Waals surface area contributed by atoms with Crippen molar-refractivity contribution in [2.24, 2.45) is 0 Å². The number of carbonyl (C=O) groups is 2. The second-order valence-corrected chi connectivity index (χ2v) is 8.52. The molecule has 0 aliphatic carbocycles. The van der Waals surface area contributed by atoms with Gasteiger partial charge in [-0.3, -0.25) is 9.59 Å². The molecule has 0 unspecified atom stereocenters. The average Bonchev–Trinajstić information content (AvgIpc) is 3.12. The monoisotopic (exact) mass is 458 g/mol. The van der Waals surface area contributed by atoms with Crippen LogP contribution in [0.15, 0.2) is 66.7 Å². The van der Waals surface area contributed by atoms with Crippen LogP contribution in [0.3, 0.4) is 0 Å². The third kappa shape index (κ3) is 4.89. The van der Waals surface area contributed by atoms with E-state index >= 15 is 0 Å². The minimum absolute atomic E-state index is 0.0403. The summed E-state index contributed by atoms with van der Waals surface area (Å²) in [4.78, 5) is 26.6. The maximum Gasteiger partial charge on any atom is 0.255 e. The van der Waals surface area contributed by atoms with Gasteiger partial charge >= 0.3 is 0 Å². The molecule has 1 aliphatic rings. The van der Waals surface area contributed by atoms with Gasteiger partial charge in [-0.05, 0) is 47.5 Å². The minimum Gasteiger partial charge on any atom is -0.322 e. The zero-order valence-electron chi connectivity index (χ0n) is 16.1. The highest BCUT2D eigenvalue weighted by Crippen LogP contribution is 2.39. The summed E-state index contributed by atoms with van der Waals surface area (Å²) in [5.41, 5.74) is 2.09. The van der Waals surface area contributed by atoms with Crippen molar-refractivity contribution >= 4 is 40.9 Å². The number of nitrogens with one attached hydrogen (secondary N) is 1. The molecule has 8 heteroatoms. The zero-order valence-corrected chi connectivity index (χ0v) is 17.7. The van der Waals surface area contributed by atoms with Gasteiger partial charge in [0.05, 0.1) is 11.4 Å². The Morgan fingerprint density at radius 1 is 1.06 bits per heavy atom. The van der Waals surface area contributed by atoms with E-state index in [0.29, 0.717) is 29.0 Å². The van der Waals surface area contributed by atoms with Gasteiger partial charge in [0.1, 0.15) is 17.0 Å². The largest absolute Gasteiger partial charge is 0.322 e. The molecule has 158 valence electrons. The molecule has 1 atom stereocenters. The predicted octanol–water partition coefficient (Wildman–Crippen LogP) is 5.64. The lowest BCUT2D eigenvalue weighted by Gasteiger charge is -2.24. The van der Waals surface area contributed by atoms with E-state index in [2.05, 4.69) is 5.32 Å². The Bertz CT molecular complexity index is 1120. The van der Waals surface area contributed by atoms with Crippen molar-refractivity contribution in [3.8, 4) is 0 Å². The second-order valence-electron chi connectivity index (χ2n) is 7.01. The van der Waals surface area contributed by atoms with E-state index in [4.69, 9.17) is 11.6 Å². The number of nitrogens with zero attached hydrogens (tertiary/aromatic N) is 1. The summed E-state index contributed by atoms with van der Waals surface area (Å²) in [5, 5.41) is 2.90. The Morgan fingerprint density at radius 2 is 1.77 bits per heavy atom. The van der Waals surface area contributed by atoms with Gasteiger partial charge < -0.3 is 10.2 Å². The van der Waals surface area contributed by atoms with E-state index in [9.17, 15) is 18.4 Å². The van der Waals surface area contributed by atoms with Crippen molar-refractivity contribution in [2.75, 3.05) is 11.1 Å². The molecule has 1 N–H and O–H groups in total. The Labute approximate surface area is 187 Å². The molecule has 4 rings (SSSR count). The number of anilines is 1. The van der Waals surface area contributed by atoms with Crippen LogP contribution in [-0.2, 0) is 11.3 Å². The van der Waals surface area contributed by atoms with Crippen LogP contribution in [0.4, 0.5) is 14.5 Å². The van der Waals surface area contributed by atoms with Crippen molar-refractivity contribution in [3.63, 3.8) is 0 Å². The van der Waals surface area contributed by atoms with Crippen LogP contribution >= 0.6 is 23.4 Å². The molecule has 1 heterocycles. The normalized spacial score (nSPS) is 15.9. The molecule has 1 aliphatic heterocycles. The lowest BCUT2D eigenvalue weighted by Crippen LogP contribution is -2.27. The highest BCUT2D eigenvalue weighted by Gasteiger charge is 2.32. The van der Waals surface area contributed by atoms with E-state index < -0.39 is 17.5 Å². The highest BCUT2D eigenvalue weighted by molar-refractivity contribution is 8.00. The van der Waals surface area contributed by atoms with E-state index in [1.54, 1.807) is 41.3 Å². The molecule has 2 amide bonds. The number of halogens is 3. The summed E-state index contributed by atoms with van der Waals surface area (Å²) in [7, 11) is 0. The van der Waals surface area contributed by atoms with Crippen LogP contribution in [-0.4, -0.2) is 22.5 Å². The van der Waals surface area contributed by atoms with Crippen molar-refractivity contribution in [3.05, 3.63) is 100 Å². The molecule has 0 spiro atoms. The minimum atomic E-state index is -0.844. The Hall–Kier alpha value is -2.90. The first-order chi connectivity index (χ1) is 14.9. The number of amides is 2. The summed E-state index contributed by atoms with van der Waals surface area (Å²) < 4.78 is 26.8. The summed E-state index contributed by atoms with van der Waals surface area (Å²) in [5.74, 6) is -1.65. The number of thioether (sulfide) groups is 1. The maximum absolute atomic E-state index is 13.8. The van der Waals surface area contributed by atoms with Gasteiger partial charge in [-0.2, -0.15) is 0 Å². The van der Waals surface area contributed by atoms with Crippen LogP contribution in [0.25, 0.3) is 0 Å². The number of rotatable bonds is 5. The molecule has 3 aromatic rings. The Balaban J connectivity index is 1.48. The van der Waals surface area contributed by atoms with Crippen LogP contribution in [0.2, 0.25) is 5.02 Å². The third-order valence-corrected chi connectivity index (χ3v) is 6.38. The fourth-order valence-electron chi connectivity index (χ4n) is 3.27. The second kappa shape index (κ2) is 9.08. The average molecular weight is 459 g/mol. The highest BCUT2D eigenvalue weighted by atomic mass is 35.5. The van der Waals surface area contributed by atoms with Gasteiger partial charge in [-0.15, -0.1) is 11.8 Å². The quantitative estimate of drug-likeness (QED) is 0.538. The molecule has 31 heavy (non-hydrogen) atoms. The molecule has 0 saturated carbocycles. The van der Waals surface area contributed by atoms with Gasteiger partial charge in [0, 0.05) is 23.2 Å². The van der Waals surface area contributed by atoms with Gasteiger partial charge in [-0.1, -0.05) is 35.9 Å². The van der Waals surface area contributed by atoms with Crippen molar-refractivity contribution in [1.29, 1.82) is 0 Å². The maximum atomic E-state index is 13.8. The summed E-state index contributed by atoms with van der Waals surface area (Å²) in [6.07, 6.45) is 0. The SMILES string of the molecule is O=C(Nc1ccc(F)cc1F)c1ccc([C@H]2SCC(=O)N2Cc2ccc(Cl)cc2)cc1. The van der Waals surface area contributed by atoms with Crippen LogP contribution < -0.4 is 5.32 Å². The van der Waals surface area contributed by atoms with Crippen molar-refractivity contribution in [1.82, 2.24) is 4.90 Å². The molecule has 0 bridgehead atoms. The lowest BCUT2D eigenvalue weighted by atomic mass is 10.1. The number of hydrogen-bond acceptors (Lipinski definition) is 3. The van der Waals surface area contributed by atoms with Crippen LogP contribution in [0.1, 0.15) is 26.9 Å². The van der Waals surface area contributed by atoms with E-state index in [1.807, 2.05) is 12.1 Å². The first-order valence-electron chi connectivity index (χ1n) is 9.42. The molecule has 4 nitrogen and oxygen atoms in total. The van der Waals surface area contributed by atoms with Crippen molar-refractivity contribution < 1.29 is 18.4 Å². The van der Waals surface area contributed by atoms with Gasteiger partial charge in [0.25, 0.3) is 5.91 Å². The standard InChI is InChI=1S/C23H17ClF2N2O2S/c24-17-7-1-14(2-8-17)12-28-21(29)13-31-23(28)16-5-3-15(4-6-16)22(30)27-20-10-9-18(25)11-19(20)26/h1-11,23H,12-13H2,(H,27,30)/t23-/m1/s1. The zero-order chi connectivity index (χ0) is 22.0. The Morgan fingerprint density at radius 3 is 2.45 bits per heavy atom. The molecular weight excluding hydrogens is 442 g/mol. The van der Waals surface area contributed by atoms with E-state index in [1.165, 1.54) is 17.8 Å².